The minimum Gasteiger partial charge on any atom is -0.486 e. The van der Waals surface area contributed by atoms with Crippen LogP contribution < -0.4 is 10.1 Å². The second-order valence-electron chi connectivity index (χ2n) is 7.45. The van der Waals surface area contributed by atoms with Gasteiger partial charge < -0.3 is 14.5 Å². The van der Waals surface area contributed by atoms with Gasteiger partial charge in [0.25, 0.3) is 5.91 Å². The Bertz CT molecular complexity index is 1410. The van der Waals surface area contributed by atoms with Gasteiger partial charge in [-0.25, -0.2) is 19.6 Å². The molecule has 0 aliphatic heterocycles. The Labute approximate surface area is 189 Å². The highest BCUT2D eigenvalue weighted by molar-refractivity contribution is 5.96. The summed E-state index contributed by atoms with van der Waals surface area (Å²) in [6.45, 7) is 2.55. The number of hydrogen-bond acceptors (Lipinski definition) is 6. The largest absolute Gasteiger partial charge is 0.486 e. The summed E-state index contributed by atoms with van der Waals surface area (Å²) in [4.78, 5) is 25.9. The van der Waals surface area contributed by atoms with Crippen LogP contribution in [0.5, 0.6) is 5.75 Å². The van der Waals surface area contributed by atoms with Crippen LogP contribution in [0.2, 0.25) is 0 Å². The first-order valence-corrected chi connectivity index (χ1v) is 10.4. The molecule has 1 amide bonds. The zero-order chi connectivity index (χ0) is 22.6. The zero-order valence-corrected chi connectivity index (χ0v) is 17.9. The summed E-state index contributed by atoms with van der Waals surface area (Å²) in [5.74, 6) is 0.860. The van der Waals surface area contributed by atoms with Gasteiger partial charge in [0.15, 0.2) is 5.82 Å². The molecule has 0 atom stereocenters. The lowest BCUT2D eigenvalue weighted by Gasteiger charge is -2.12. The summed E-state index contributed by atoms with van der Waals surface area (Å²) in [6, 6.07) is 14.9. The molecule has 0 saturated carbocycles. The van der Waals surface area contributed by atoms with Gasteiger partial charge in [-0.2, -0.15) is 5.10 Å². The van der Waals surface area contributed by atoms with E-state index in [1.807, 2.05) is 54.0 Å². The van der Waals surface area contributed by atoms with E-state index in [0.29, 0.717) is 17.1 Å². The molecule has 5 aromatic rings. The molecule has 0 bridgehead atoms. The van der Waals surface area contributed by atoms with Crippen LogP contribution in [-0.2, 0) is 13.2 Å². The molecule has 0 radical (unpaired) electrons. The number of benzene rings is 1. The predicted molar refractivity (Wildman–Crippen MR) is 121 cm³/mol. The number of fused-ring (bicyclic) bond motifs is 1. The number of amides is 1. The molecule has 4 aromatic heterocycles. The van der Waals surface area contributed by atoms with Gasteiger partial charge in [0.1, 0.15) is 30.7 Å². The fourth-order valence-corrected chi connectivity index (χ4v) is 3.57. The molecular formula is C24H21N7O2. The maximum absolute atomic E-state index is 13.0. The number of imidazole rings is 1. The van der Waals surface area contributed by atoms with Crippen LogP contribution in [0.3, 0.4) is 0 Å². The van der Waals surface area contributed by atoms with Crippen molar-refractivity contribution in [3.8, 4) is 11.6 Å². The lowest BCUT2D eigenvalue weighted by Crippen LogP contribution is -2.24. The van der Waals surface area contributed by atoms with E-state index < -0.39 is 0 Å². The van der Waals surface area contributed by atoms with Crippen molar-refractivity contribution in [2.45, 2.75) is 20.1 Å². The molecular weight excluding hydrogens is 418 g/mol. The van der Waals surface area contributed by atoms with Crippen LogP contribution in [0.1, 0.15) is 27.2 Å². The average molecular weight is 439 g/mol. The molecule has 4 heterocycles. The van der Waals surface area contributed by atoms with E-state index in [1.54, 1.807) is 35.4 Å². The molecule has 0 saturated heterocycles. The molecule has 9 nitrogen and oxygen atoms in total. The van der Waals surface area contributed by atoms with E-state index in [4.69, 9.17) is 4.74 Å². The topological polar surface area (TPSA) is 99.2 Å². The van der Waals surface area contributed by atoms with E-state index in [9.17, 15) is 4.79 Å². The Morgan fingerprint density at radius 1 is 1.12 bits per heavy atom. The van der Waals surface area contributed by atoms with E-state index in [-0.39, 0.29) is 19.1 Å². The first-order chi connectivity index (χ1) is 16.2. The van der Waals surface area contributed by atoms with Gasteiger partial charge in [-0.05, 0) is 36.8 Å². The van der Waals surface area contributed by atoms with Crippen LogP contribution in [0.15, 0.2) is 79.8 Å². The molecule has 1 N–H and O–H groups in total. The lowest BCUT2D eigenvalue weighted by atomic mass is 10.1. The lowest BCUT2D eigenvalue weighted by molar-refractivity contribution is 0.0946. The van der Waals surface area contributed by atoms with Crippen molar-refractivity contribution in [1.29, 1.82) is 0 Å². The van der Waals surface area contributed by atoms with Gasteiger partial charge in [-0.1, -0.05) is 24.3 Å². The fraction of sp³-hybridized carbons (Fsp3) is 0.125. The highest BCUT2D eigenvalue weighted by atomic mass is 16.5. The third-order valence-electron chi connectivity index (χ3n) is 5.18. The van der Waals surface area contributed by atoms with Crippen molar-refractivity contribution < 1.29 is 9.53 Å². The van der Waals surface area contributed by atoms with Crippen molar-refractivity contribution in [3.05, 3.63) is 102 Å². The molecule has 1 aromatic carbocycles. The quantitative estimate of drug-likeness (QED) is 0.418. The van der Waals surface area contributed by atoms with Gasteiger partial charge in [0, 0.05) is 30.7 Å². The molecule has 164 valence electrons. The van der Waals surface area contributed by atoms with Crippen molar-refractivity contribution >= 4 is 11.6 Å². The summed E-state index contributed by atoms with van der Waals surface area (Å²) < 4.78 is 9.51. The number of aromatic nitrogens is 6. The number of para-hydroxylation sites is 1. The molecule has 5 rings (SSSR count). The van der Waals surface area contributed by atoms with Crippen LogP contribution in [0.4, 0.5) is 0 Å². The summed E-state index contributed by atoms with van der Waals surface area (Å²) in [5.41, 5.74) is 4.02. The number of pyridine rings is 2. The Hall–Kier alpha value is -4.53. The van der Waals surface area contributed by atoms with Crippen LogP contribution >= 0.6 is 0 Å². The Morgan fingerprint density at radius 2 is 2.03 bits per heavy atom. The van der Waals surface area contributed by atoms with E-state index in [0.717, 1.165) is 22.5 Å². The fourth-order valence-electron chi connectivity index (χ4n) is 3.57. The normalized spacial score (nSPS) is 10.9. The average Bonchev–Trinajstić information content (AvgIpc) is 3.52. The zero-order valence-electron chi connectivity index (χ0n) is 17.9. The van der Waals surface area contributed by atoms with Gasteiger partial charge in [0.2, 0.25) is 0 Å². The third-order valence-corrected chi connectivity index (χ3v) is 5.18. The smallest absolute Gasteiger partial charge is 0.255 e. The van der Waals surface area contributed by atoms with E-state index >= 15 is 0 Å². The summed E-state index contributed by atoms with van der Waals surface area (Å²) in [5, 5.41) is 7.07. The maximum atomic E-state index is 13.0. The number of hydrogen-bond donors (Lipinski definition) is 1. The predicted octanol–water partition coefficient (Wildman–Crippen LogP) is 3.13. The molecule has 9 heteroatoms. The molecule has 0 aliphatic rings. The van der Waals surface area contributed by atoms with Gasteiger partial charge in [-0.3, -0.25) is 4.79 Å². The Morgan fingerprint density at radius 3 is 2.88 bits per heavy atom. The van der Waals surface area contributed by atoms with Crippen molar-refractivity contribution in [2.75, 3.05) is 0 Å². The Kier molecular flexibility index (Phi) is 5.50. The Balaban J connectivity index is 1.30. The first-order valence-electron chi connectivity index (χ1n) is 10.4. The van der Waals surface area contributed by atoms with Crippen molar-refractivity contribution in [2.24, 2.45) is 0 Å². The molecule has 0 unspecified atom stereocenters. The van der Waals surface area contributed by atoms with Crippen LogP contribution in [0, 0.1) is 6.92 Å². The number of nitrogens with zero attached hydrogens (tertiary/aromatic N) is 6. The SMILES string of the molecule is Cc1cccn2cc(COc3ccccc3C(=O)NCc3cccnc3-n3cncn3)nc12. The monoisotopic (exact) mass is 439 g/mol. The first kappa shape index (κ1) is 20.4. The molecule has 0 spiro atoms. The standard InChI is InChI=1S/C24H21N7O2/c1-17-6-5-11-30-13-19(29-22(17)30)14-33-21-9-3-2-8-20(21)24(32)27-12-18-7-4-10-26-23(18)31-16-25-15-28-31/h2-11,13,15-16H,12,14H2,1H3,(H,27,32). The minimum atomic E-state index is -0.246. The van der Waals surface area contributed by atoms with Crippen molar-refractivity contribution in [3.63, 3.8) is 0 Å². The minimum absolute atomic E-state index is 0.246. The third kappa shape index (κ3) is 4.29. The van der Waals surface area contributed by atoms with Crippen molar-refractivity contribution in [1.82, 2.24) is 34.4 Å². The summed E-state index contributed by atoms with van der Waals surface area (Å²) in [7, 11) is 0. The van der Waals surface area contributed by atoms with E-state index in [1.165, 1.54) is 6.33 Å². The van der Waals surface area contributed by atoms with Crippen LogP contribution in [-0.4, -0.2) is 35.0 Å². The number of rotatable bonds is 7. The second kappa shape index (κ2) is 8.91. The molecule has 0 fully saturated rings. The molecule has 33 heavy (non-hydrogen) atoms. The van der Waals surface area contributed by atoms with Gasteiger partial charge in [0.05, 0.1) is 11.3 Å². The summed E-state index contributed by atoms with van der Waals surface area (Å²) >= 11 is 0. The number of nitrogens with one attached hydrogen (secondary N) is 1. The highest BCUT2D eigenvalue weighted by Crippen LogP contribution is 2.20. The van der Waals surface area contributed by atoms with Gasteiger partial charge in [-0.15, -0.1) is 0 Å². The van der Waals surface area contributed by atoms with E-state index in [2.05, 4.69) is 25.4 Å². The highest BCUT2D eigenvalue weighted by Gasteiger charge is 2.14. The number of carbonyl (C=O) groups excluding carboxylic acids is 1. The van der Waals surface area contributed by atoms with Gasteiger partial charge >= 0.3 is 0 Å². The second-order valence-corrected chi connectivity index (χ2v) is 7.45. The molecule has 0 aliphatic carbocycles. The summed E-state index contributed by atoms with van der Waals surface area (Å²) in [6.07, 6.45) is 8.56. The maximum Gasteiger partial charge on any atom is 0.255 e. The van der Waals surface area contributed by atoms with Crippen LogP contribution in [0.25, 0.3) is 11.5 Å². The number of aryl methyl sites for hydroxylation is 1. The number of ether oxygens (including phenoxy) is 1. The number of carbonyl (C=O) groups is 1.